The SMILES string of the molecule is CCOC(=O)C1CCCN(C(=O)CN2C(=O)COc3ccc(S(=O)(=O)N4CCC(C)CC4)cc32)C1. The number of hydrogen-bond donors (Lipinski definition) is 0. The first-order valence-corrected chi connectivity index (χ1v) is 13.7. The van der Waals surface area contributed by atoms with E-state index in [4.69, 9.17) is 9.47 Å². The van der Waals surface area contributed by atoms with Crippen LogP contribution in [0.15, 0.2) is 23.1 Å². The molecule has 1 aromatic carbocycles. The number of rotatable bonds is 6. The molecular weight excluding hydrogens is 474 g/mol. The molecule has 2 amide bonds. The molecule has 2 fully saturated rings. The lowest BCUT2D eigenvalue weighted by Gasteiger charge is -2.35. The van der Waals surface area contributed by atoms with Crippen molar-refractivity contribution in [2.24, 2.45) is 11.8 Å². The maximum Gasteiger partial charge on any atom is 0.310 e. The first kappa shape index (κ1) is 25.4. The summed E-state index contributed by atoms with van der Waals surface area (Å²) in [5.41, 5.74) is 0.264. The molecule has 0 bridgehead atoms. The number of amides is 2. The predicted octanol–water partition coefficient (Wildman–Crippen LogP) is 1.63. The van der Waals surface area contributed by atoms with Gasteiger partial charge in [0.15, 0.2) is 6.61 Å². The van der Waals surface area contributed by atoms with Gasteiger partial charge in [0.1, 0.15) is 12.3 Å². The Balaban J connectivity index is 1.53. The highest BCUT2D eigenvalue weighted by molar-refractivity contribution is 7.89. The average molecular weight is 508 g/mol. The van der Waals surface area contributed by atoms with Gasteiger partial charge in [0.2, 0.25) is 15.9 Å². The molecule has 192 valence electrons. The second kappa shape index (κ2) is 10.5. The van der Waals surface area contributed by atoms with E-state index in [-0.39, 0.29) is 54.7 Å². The quantitative estimate of drug-likeness (QED) is 0.538. The van der Waals surface area contributed by atoms with Crippen molar-refractivity contribution < 1.29 is 32.3 Å². The molecule has 1 unspecified atom stereocenters. The number of hydrogen-bond acceptors (Lipinski definition) is 7. The number of carbonyl (C=O) groups excluding carboxylic acids is 3. The lowest BCUT2D eigenvalue weighted by Crippen LogP contribution is -2.49. The maximum atomic E-state index is 13.3. The van der Waals surface area contributed by atoms with E-state index in [9.17, 15) is 22.8 Å². The molecule has 10 nitrogen and oxygen atoms in total. The van der Waals surface area contributed by atoms with Gasteiger partial charge in [-0.1, -0.05) is 6.92 Å². The normalized spacial score (nSPS) is 21.9. The van der Waals surface area contributed by atoms with Crippen molar-refractivity contribution in [1.82, 2.24) is 9.21 Å². The van der Waals surface area contributed by atoms with Gasteiger partial charge >= 0.3 is 5.97 Å². The van der Waals surface area contributed by atoms with Crippen LogP contribution in [0.25, 0.3) is 0 Å². The van der Waals surface area contributed by atoms with Crippen LogP contribution in [-0.4, -0.2) is 81.3 Å². The van der Waals surface area contributed by atoms with Crippen LogP contribution in [0.3, 0.4) is 0 Å². The van der Waals surface area contributed by atoms with E-state index in [1.165, 1.54) is 27.4 Å². The Hall–Kier alpha value is -2.66. The van der Waals surface area contributed by atoms with Gasteiger partial charge in [-0.2, -0.15) is 4.31 Å². The van der Waals surface area contributed by atoms with Crippen LogP contribution < -0.4 is 9.64 Å². The van der Waals surface area contributed by atoms with Crippen molar-refractivity contribution in [2.75, 3.05) is 50.8 Å². The van der Waals surface area contributed by atoms with Crippen molar-refractivity contribution in [2.45, 2.75) is 44.4 Å². The highest BCUT2D eigenvalue weighted by atomic mass is 32.2. The molecule has 4 rings (SSSR count). The van der Waals surface area contributed by atoms with Crippen LogP contribution >= 0.6 is 0 Å². The van der Waals surface area contributed by atoms with Gasteiger partial charge in [-0.25, -0.2) is 8.42 Å². The predicted molar refractivity (Wildman–Crippen MR) is 127 cm³/mol. The zero-order valence-electron chi connectivity index (χ0n) is 20.3. The van der Waals surface area contributed by atoms with E-state index >= 15 is 0 Å². The topological polar surface area (TPSA) is 114 Å². The fourth-order valence-electron chi connectivity index (χ4n) is 4.78. The number of esters is 1. The maximum absolute atomic E-state index is 13.3. The Bertz CT molecular complexity index is 1080. The third kappa shape index (κ3) is 5.45. The second-order valence-corrected chi connectivity index (χ2v) is 11.4. The third-order valence-corrected chi connectivity index (χ3v) is 8.84. The van der Waals surface area contributed by atoms with Gasteiger partial charge in [0, 0.05) is 26.2 Å². The standard InChI is InChI=1S/C24H33N3O7S/c1-3-33-24(30)18-5-4-10-25(14-18)22(28)15-27-20-13-19(6-7-21(20)34-16-23(27)29)35(31,32)26-11-8-17(2)9-12-26/h6-7,13,17-18H,3-5,8-12,14-16H2,1-2H3. The molecule has 35 heavy (non-hydrogen) atoms. The monoisotopic (exact) mass is 507 g/mol. The summed E-state index contributed by atoms with van der Waals surface area (Å²) >= 11 is 0. The molecule has 0 aromatic heterocycles. The van der Waals surface area contributed by atoms with E-state index in [0.717, 1.165) is 12.8 Å². The second-order valence-electron chi connectivity index (χ2n) is 9.42. The van der Waals surface area contributed by atoms with Crippen LogP contribution in [-0.2, 0) is 29.1 Å². The minimum atomic E-state index is -3.74. The van der Waals surface area contributed by atoms with Crippen molar-refractivity contribution >= 4 is 33.5 Å². The summed E-state index contributed by atoms with van der Waals surface area (Å²) in [4.78, 5) is 40.9. The number of sulfonamides is 1. The molecule has 3 aliphatic rings. The number of nitrogens with zero attached hydrogens (tertiary/aromatic N) is 3. The van der Waals surface area contributed by atoms with E-state index in [2.05, 4.69) is 6.92 Å². The number of ether oxygens (including phenoxy) is 2. The minimum Gasteiger partial charge on any atom is -0.482 e. The third-order valence-electron chi connectivity index (χ3n) is 6.94. The number of benzene rings is 1. The Kier molecular flexibility index (Phi) is 7.65. The smallest absolute Gasteiger partial charge is 0.310 e. The molecule has 0 aliphatic carbocycles. The van der Waals surface area contributed by atoms with E-state index in [1.54, 1.807) is 11.8 Å². The number of likely N-dealkylation sites (tertiary alicyclic amines) is 1. The summed E-state index contributed by atoms with van der Waals surface area (Å²) < 4.78 is 38.6. The molecule has 1 aromatic rings. The van der Waals surface area contributed by atoms with Gasteiger partial charge in [0.25, 0.3) is 5.91 Å². The number of carbonyl (C=O) groups is 3. The summed E-state index contributed by atoms with van der Waals surface area (Å²) in [6, 6.07) is 4.44. The highest BCUT2D eigenvalue weighted by Crippen LogP contribution is 2.36. The van der Waals surface area contributed by atoms with Crippen molar-refractivity contribution in [3.8, 4) is 5.75 Å². The lowest BCUT2D eigenvalue weighted by atomic mass is 9.98. The first-order chi connectivity index (χ1) is 16.7. The fraction of sp³-hybridized carbons (Fsp3) is 0.625. The Morgan fingerprint density at radius 1 is 1.14 bits per heavy atom. The Morgan fingerprint density at radius 2 is 1.89 bits per heavy atom. The van der Waals surface area contributed by atoms with Gasteiger partial charge in [-0.05, 0) is 56.7 Å². The molecule has 2 saturated heterocycles. The lowest BCUT2D eigenvalue weighted by molar-refractivity contribution is -0.151. The molecule has 0 spiro atoms. The summed E-state index contributed by atoms with van der Waals surface area (Å²) in [7, 11) is -3.74. The van der Waals surface area contributed by atoms with Gasteiger partial charge < -0.3 is 14.4 Å². The van der Waals surface area contributed by atoms with Crippen molar-refractivity contribution in [3.05, 3.63) is 18.2 Å². The van der Waals surface area contributed by atoms with Crippen LogP contribution in [0.5, 0.6) is 5.75 Å². The fourth-order valence-corrected chi connectivity index (χ4v) is 6.27. The highest BCUT2D eigenvalue weighted by Gasteiger charge is 2.35. The minimum absolute atomic E-state index is 0.0712. The molecule has 3 heterocycles. The zero-order valence-corrected chi connectivity index (χ0v) is 21.1. The summed E-state index contributed by atoms with van der Waals surface area (Å²) in [6.07, 6.45) is 2.92. The molecule has 0 N–H and O–H groups in total. The number of anilines is 1. The molecule has 3 aliphatic heterocycles. The molecule has 0 saturated carbocycles. The summed E-state index contributed by atoms with van der Waals surface area (Å²) in [5, 5.41) is 0. The molecule has 0 radical (unpaired) electrons. The van der Waals surface area contributed by atoms with Crippen molar-refractivity contribution in [3.63, 3.8) is 0 Å². The zero-order chi connectivity index (χ0) is 25.2. The van der Waals surface area contributed by atoms with E-state index < -0.39 is 15.9 Å². The Labute approximate surface area is 206 Å². The van der Waals surface area contributed by atoms with Gasteiger partial charge in [-0.15, -0.1) is 0 Å². The van der Waals surface area contributed by atoms with Crippen LogP contribution in [0.2, 0.25) is 0 Å². The van der Waals surface area contributed by atoms with Gasteiger partial charge in [-0.3, -0.25) is 19.3 Å². The van der Waals surface area contributed by atoms with Crippen LogP contribution in [0.4, 0.5) is 5.69 Å². The Morgan fingerprint density at radius 3 is 2.60 bits per heavy atom. The van der Waals surface area contributed by atoms with Crippen LogP contribution in [0.1, 0.15) is 39.5 Å². The summed E-state index contributed by atoms with van der Waals surface area (Å²) in [6.45, 7) is 5.28. The average Bonchev–Trinajstić information content (AvgIpc) is 2.86. The number of fused-ring (bicyclic) bond motifs is 1. The molecular formula is C24H33N3O7S. The van der Waals surface area contributed by atoms with E-state index in [1.807, 2.05) is 0 Å². The summed E-state index contributed by atoms with van der Waals surface area (Å²) in [5.74, 6) is -0.601. The van der Waals surface area contributed by atoms with E-state index in [0.29, 0.717) is 44.1 Å². The molecule has 11 heteroatoms. The first-order valence-electron chi connectivity index (χ1n) is 12.2. The van der Waals surface area contributed by atoms with Gasteiger partial charge in [0.05, 0.1) is 23.1 Å². The van der Waals surface area contributed by atoms with Crippen molar-refractivity contribution in [1.29, 1.82) is 0 Å². The largest absolute Gasteiger partial charge is 0.482 e. The van der Waals surface area contributed by atoms with Crippen LogP contribution in [0, 0.1) is 11.8 Å². The molecule has 1 atom stereocenters. The number of piperidine rings is 2.